The van der Waals surface area contributed by atoms with Gasteiger partial charge in [0.15, 0.2) is 0 Å². The molecule has 0 bridgehead atoms. The first-order chi connectivity index (χ1) is 9.39. The van der Waals surface area contributed by atoms with Crippen molar-refractivity contribution in [3.8, 4) is 0 Å². The maximum Gasteiger partial charge on any atom is 0.416 e. The molecule has 0 aromatic heterocycles. The Kier molecular flexibility index (Phi) is 3.32. The number of rotatable bonds is 4. The highest BCUT2D eigenvalue weighted by Crippen LogP contribution is 2.48. The Bertz CT molecular complexity index is 485. The fourth-order valence-corrected chi connectivity index (χ4v) is 3.41. The Labute approximate surface area is 117 Å². The third-order valence-corrected chi connectivity index (χ3v) is 4.59. The number of nitrogens with one attached hydrogen (secondary N) is 1. The molecule has 1 N–H and O–H groups in total. The van der Waals surface area contributed by atoms with Gasteiger partial charge in [0.25, 0.3) is 0 Å². The Hall–Kier alpha value is -1.03. The molecule has 0 saturated heterocycles. The van der Waals surface area contributed by atoms with Crippen molar-refractivity contribution >= 4 is 0 Å². The molecule has 110 valence electrons. The summed E-state index contributed by atoms with van der Waals surface area (Å²) in [6, 6.07) is 6.50. The van der Waals surface area contributed by atoms with Crippen molar-refractivity contribution in [2.45, 2.75) is 50.2 Å². The van der Waals surface area contributed by atoms with Crippen LogP contribution in [-0.4, -0.2) is 12.6 Å². The van der Waals surface area contributed by atoms with Crippen LogP contribution in [0.3, 0.4) is 0 Å². The van der Waals surface area contributed by atoms with Crippen LogP contribution in [-0.2, 0) is 11.6 Å². The molecule has 1 nitrogen and oxygen atoms in total. The molecule has 2 saturated carbocycles. The second-order valence-corrected chi connectivity index (χ2v) is 6.53. The van der Waals surface area contributed by atoms with Crippen molar-refractivity contribution in [3.63, 3.8) is 0 Å². The maximum absolute atomic E-state index is 12.9. The van der Waals surface area contributed by atoms with Crippen LogP contribution in [0.4, 0.5) is 13.2 Å². The highest BCUT2D eigenvalue weighted by molar-refractivity contribution is 5.34. The molecular formula is C16H20F3N. The summed E-state index contributed by atoms with van der Waals surface area (Å²) >= 11 is 0. The van der Waals surface area contributed by atoms with Gasteiger partial charge in [0.05, 0.1) is 5.56 Å². The van der Waals surface area contributed by atoms with Crippen LogP contribution in [0.5, 0.6) is 0 Å². The summed E-state index contributed by atoms with van der Waals surface area (Å²) in [5.74, 6) is 0.602. The molecule has 2 aliphatic carbocycles. The molecule has 2 fully saturated rings. The zero-order valence-electron chi connectivity index (χ0n) is 11.6. The van der Waals surface area contributed by atoms with Crippen LogP contribution in [0.15, 0.2) is 24.3 Å². The molecule has 4 heteroatoms. The van der Waals surface area contributed by atoms with E-state index in [-0.39, 0.29) is 5.41 Å². The lowest BCUT2D eigenvalue weighted by atomic mass is 9.59. The van der Waals surface area contributed by atoms with E-state index in [9.17, 15) is 13.2 Å². The van der Waals surface area contributed by atoms with Crippen molar-refractivity contribution in [1.29, 1.82) is 0 Å². The predicted molar refractivity (Wildman–Crippen MR) is 72.5 cm³/mol. The number of benzene rings is 1. The van der Waals surface area contributed by atoms with Gasteiger partial charge in [0.1, 0.15) is 0 Å². The van der Waals surface area contributed by atoms with Crippen molar-refractivity contribution in [2.24, 2.45) is 5.92 Å². The van der Waals surface area contributed by atoms with Crippen LogP contribution in [0.25, 0.3) is 0 Å². The molecule has 0 radical (unpaired) electrons. The van der Waals surface area contributed by atoms with Gasteiger partial charge in [-0.3, -0.25) is 0 Å². The van der Waals surface area contributed by atoms with E-state index < -0.39 is 11.7 Å². The first-order valence-electron chi connectivity index (χ1n) is 7.30. The van der Waals surface area contributed by atoms with Crippen molar-refractivity contribution in [3.05, 3.63) is 35.4 Å². The number of hydrogen-bond acceptors (Lipinski definition) is 1. The van der Waals surface area contributed by atoms with E-state index in [0.29, 0.717) is 12.0 Å². The molecule has 1 aromatic rings. The van der Waals surface area contributed by atoms with Crippen LogP contribution in [0.2, 0.25) is 0 Å². The van der Waals surface area contributed by atoms with E-state index in [1.807, 2.05) is 6.07 Å². The molecule has 0 amide bonds. The zero-order valence-corrected chi connectivity index (χ0v) is 11.6. The standard InChI is InChI=1S/C16H20F3N/c1-11-8-15(9-11,10-20-14-5-6-14)12-3-2-4-13(7-12)16(17,18)19/h2-4,7,11,14,20H,5-6,8-10H2,1H3. The largest absolute Gasteiger partial charge is 0.416 e. The van der Waals surface area contributed by atoms with Gasteiger partial charge in [0, 0.05) is 18.0 Å². The maximum atomic E-state index is 12.9. The highest BCUT2D eigenvalue weighted by atomic mass is 19.4. The van der Waals surface area contributed by atoms with E-state index in [1.165, 1.54) is 18.9 Å². The van der Waals surface area contributed by atoms with Crippen LogP contribution >= 0.6 is 0 Å². The monoisotopic (exact) mass is 283 g/mol. The van der Waals surface area contributed by atoms with Gasteiger partial charge in [-0.1, -0.05) is 25.1 Å². The van der Waals surface area contributed by atoms with Gasteiger partial charge in [-0.15, -0.1) is 0 Å². The average molecular weight is 283 g/mol. The van der Waals surface area contributed by atoms with Crippen molar-refractivity contribution in [2.75, 3.05) is 6.54 Å². The molecule has 1 aromatic carbocycles. The second-order valence-electron chi connectivity index (χ2n) is 6.53. The summed E-state index contributed by atoms with van der Waals surface area (Å²) in [5.41, 5.74) is 0.224. The van der Waals surface area contributed by atoms with E-state index in [2.05, 4.69) is 12.2 Å². The van der Waals surface area contributed by atoms with E-state index in [4.69, 9.17) is 0 Å². The van der Waals surface area contributed by atoms with Crippen molar-refractivity contribution < 1.29 is 13.2 Å². The summed E-state index contributed by atoms with van der Waals surface area (Å²) in [6.07, 6.45) is 0.112. The summed E-state index contributed by atoms with van der Waals surface area (Å²) in [4.78, 5) is 0. The molecule has 0 heterocycles. The third-order valence-electron chi connectivity index (χ3n) is 4.59. The number of halogens is 3. The molecule has 0 unspecified atom stereocenters. The van der Waals surface area contributed by atoms with E-state index >= 15 is 0 Å². The zero-order chi connectivity index (χ0) is 14.4. The predicted octanol–water partition coefficient (Wildman–Crippen LogP) is 4.13. The van der Waals surface area contributed by atoms with Crippen LogP contribution < -0.4 is 5.32 Å². The lowest BCUT2D eigenvalue weighted by Gasteiger charge is -2.47. The molecule has 3 rings (SSSR count). The van der Waals surface area contributed by atoms with Gasteiger partial charge in [-0.2, -0.15) is 13.2 Å². The van der Waals surface area contributed by atoms with Gasteiger partial charge in [0.2, 0.25) is 0 Å². The summed E-state index contributed by atoms with van der Waals surface area (Å²) < 4.78 is 38.6. The minimum Gasteiger partial charge on any atom is -0.313 e. The quantitative estimate of drug-likeness (QED) is 0.876. The van der Waals surface area contributed by atoms with Gasteiger partial charge >= 0.3 is 6.18 Å². The smallest absolute Gasteiger partial charge is 0.313 e. The Morgan fingerprint density at radius 2 is 1.95 bits per heavy atom. The van der Waals surface area contributed by atoms with Gasteiger partial charge < -0.3 is 5.32 Å². The summed E-state index contributed by atoms with van der Waals surface area (Å²) in [6.45, 7) is 2.98. The summed E-state index contributed by atoms with van der Waals surface area (Å²) in [7, 11) is 0. The molecule has 2 aliphatic rings. The van der Waals surface area contributed by atoms with E-state index in [1.54, 1.807) is 6.07 Å². The molecule has 0 aliphatic heterocycles. The van der Waals surface area contributed by atoms with Gasteiger partial charge in [-0.25, -0.2) is 0 Å². The number of alkyl halides is 3. The second kappa shape index (κ2) is 4.76. The fraction of sp³-hybridized carbons (Fsp3) is 0.625. The minimum atomic E-state index is -4.25. The minimum absolute atomic E-state index is 0.0940. The summed E-state index contributed by atoms with van der Waals surface area (Å²) in [5, 5.41) is 3.50. The molecule has 0 atom stereocenters. The Morgan fingerprint density at radius 3 is 2.50 bits per heavy atom. The Balaban J connectivity index is 1.83. The lowest BCUT2D eigenvalue weighted by Crippen LogP contribution is -2.48. The lowest BCUT2D eigenvalue weighted by molar-refractivity contribution is -0.137. The SMILES string of the molecule is CC1CC(CNC2CC2)(c2cccc(C(F)(F)F)c2)C1. The fourth-order valence-electron chi connectivity index (χ4n) is 3.41. The molecule has 0 spiro atoms. The first-order valence-corrected chi connectivity index (χ1v) is 7.30. The molecule has 20 heavy (non-hydrogen) atoms. The number of hydrogen-bond donors (Lipinski definition) is 1. The topological polar surface area (TPSA) is 12.0 Å². The van der Waals surface area contributed by atoms with Crippen LogP contribution in [0.1, 0.15) is 43.7 Å². The van der Waals surface area contributed by atoms with Crippen molar-refractivity contribution in [1.82, 2.24) is 5.32 Å². The van der Waals surface area contributed by atoms with Crippen LogP contribution in [0, 0.1) is 5.92 Å². The third kappa shape index (κ3) is 2.71. The average Bonchev–Trinajstić information content (AvgIpc) is 3.16. The van der Waals surface area contributed by atoms with E-state index in [0.717, 1.165) is 31.0 Å². The Morgan fingerprint density at radius 1 is 1.25 bits per heavy atom. The first kappa shape index (κ1) is 13.9. The highest BCUT2D eigenvalue weighted by Gasteiger charge is 2.44. The molecular weight excluding hydrogens is 263 g/mol. The van der Waals surface area contributed by atoms with Gasteiger partial charge in [-0.05, 0) is 43.2 Å². The normalized spacial score (nSPS) is 30.1.